The molecule has 0 heterocycles. The molecule has 0 fully saturated rings. The molecule has 0 aromatic rings. The SMILES string of the molecule is CCCC(CC)(CO)C(O)C(C)C. The van der Waals surface area contributed by atoms with E-state index < -0.39 is 0 Å². The van der Waals surface area contributed by atoms with E-state index in [0.29, 0.717) is 0 Å². The van der Waals surface area contributed by atoms with Crippen molar-refractivity contribution < 1.29 is 10.2 Å². The lowest BCUT2D eigenvalue weighted by Gasteiger charge is -2.37. The Morgan fingerprint density at radius 2 is 1.77 bits per heavy atom. The summed E-state index contributed by atoms with van der Waals surface area (Å²) in [6, 6.07) is 0. The van der Waals surface area contributed by atoms with Gasteiger partial charge in [0.25, 0.3) is 0 Å². The molecule has 0 saturated heterocycles. The fourth-order valence-electron chi connectivity index (χ4n) is 2.02. The van der Waals surface area contributed by atoms with Crippen molar-refractivity contribution in [3.05, 3.63) is 0 Å². The van der Waals surface area contributed by atoms with Crippen LogP contribution in [0.3, 0.4) is 0 Å². The Balaban J connectivity index is 4.53. The van der Waals surface area contributed by atoms with Crippen LogP contribution in [0.5, 0.6) is 0 Å². The molecule has 0 aliphatic heterocycles. The third kappa shape index (κ3) is 2.96. The van der Waals surface area contributed by atoms with Crippen LogP contribution in [0.2, 0.25) is 0 Å². The van der Waals surface area contributed by atoms with Crippen molar-refractivity contribution in [3.8, 4) is 0 Å². The van der Waals surface area contributed by atoms with Gasteiger partial charge in [0.2, 0.25) is 0 Å². The third-order valence-electron chi connectivity index (χ3n) is 3.03. The highest BCUT2D eigenvalue weighted by Gasteiger charge is 2.36. The zero-order valence-corrected chi connectivity index (χ0v) is 9.38. The molecule has 0 spiro atoms. The van der Waals surface area contributed by atoms with Gasteiger partial charge in [0.1, 0.15) is 0 Å². The van der Waals surface area contributed by atoms with Crippen molar-refractivity contribution in [1.29, 1.82) is 0 Å². The minimum absolute atomic E-state index is 0.0939. The van der Waals surface area contributed by atoms with Crippen LogP contribution >= 0.6 is 0 Å². The average molecular weight is 188 g/mol. The average Bonchev–Trinajstić information content (AvgIpc) is 2.13. The van der Waals surface area contributed by atoms with E-state index in [4.69, 9.17) is 0 Å². The van der Waals surface area contributed by atoms with E-state index in [1.807, 2.05) is 20.8 Å². The topological polar surface area (TPSA) is 40.5 Å². The summed E-state index contributed by atoms with van der Waals surface area (Å²) in [5, 5.41) is 19.4. The van der Waals surface area contributed by atoms with Crippen molar-refractivity contribution >= 4 is 0 Å². The maximum atomic E-state index is 10.0. The zero-order chi connectivity index (χ0) is 10.5. The summed E-state index contributed by atoms with van der Waals surface area (Å²) < 4.78 is 0. The molecular weight excluding hydrogens is 164 g/mol. The van der Waals surface area contributed by atoms with Crippen LogP contribution < -0.4 is 0 Å². The van der Waals surface area contributed by atoms with Crippen LogP contribution in [0.1, 0.15) is 47.0 Å². The van der Waals surface area contributed by atoms with Crippen LogP contribution in [0.4, 0.5) is 0 Å². The van der Waals surface area contributed by atoms with Crippen LogP contribution in [0, 0.1) is 11.3 Å². The summed E-state index contributed by atoms with van der Waals surface area (Å²) in [6.45, 7) is 8.22. The number of hydrogen-bond donors (Lipinski definition) is 2. The highest BCUT2D eigenvalue weighted by molar-refractivity contribution is 4.86. The maximum Gasteiger partial charge on any atom is 0.0641 e. The summed E-state index contributed by atoms with van der Waals surface area (Å²) >= 11 is 0. The first-order chi connectivity index (χ1) is 6.04. The van der Waals surface area contributed by atoms with Crippen LogP contribution in [0.25, 0.3) is 0 Å². The third-order valence-corrected chi connectivity index (χ3v) is 3.03. The van der Waals surface area contributed by atoms with Crippen molar-refractivity contribution in [2.24, 2.45) is 11.3 Å². The van der Waals surface area contributed by atoms with Gasteiger partial charge in [-0.3, -0.25) is 0 Å². The summed E-state index contributed by atoms with van der Waals surface area (Å²) in [4.78, 5) is 0. The maximum absolute atomic E-state index is 10.0. The Hall–Kier alpha value is -0.0800. The van der Waals surface area contributed by atoms with Gasteiger partial charge in [0.05, 0.1) is 12.7 Å². The Morgan fingerprint density at radius 3 is 2.00 bits per heavy atom. The Morgan fingerprint density at radius 1 is 1.23 bits per heavy atom. The van der Waals surface area contributed by atoms with Gasteiger partial charge in [-0.25, -0.2) is 0 Å². The quantitative estimate of drug-likeness (QED) is 0.671. The first-order valence-corrected chi connectivity index (χ1v) is 5.33. The van der Waals surface area contributed by atoms with E-state index in [9.17, 15) is 10.2 Å². The lowest BCUT2D eigenvalue weighted by atomic mass is 9.73. The number of hydrogen-bond acceptors (Lipinski definition) is 2. The van der Waals surface area contributed by atoms with Gasteiger partial charge >= 0.3 is 0 Å². The molecule has 2 atom stereocenters. The summed E-state index contributed by atoms with van der Waals surface area (Å²) in [5.74, 6) is 0.221. The van der Waals surface area contributed by atoms with Gasteiger partial charge in [0, 0.05) is 5.41 Å². The number of aliphatic hydroxyl groups is 2. The molecule has 2 N–H and O–H groups in total. The number of aliphatic hydroxyl groups excluding tert-OH is 2. The van der Waals surface area contributed by atoms with E-state index in [1.165, 1.54) is 0 Å². The minimum Gasteiger partial charge on any atom is -0.396 e. The van der Waals surface area contributed by atoms with Crippen LogP contribution in [-0.4, -0.2) is 22.9 Å². The molecule has 0 rings (SSSR count). The van der Waals surface area contributed by atoms with E-state index in [0.717, 1.165) is 19.3 Å². The fourth-order valence-corrected chi connectivity index (χ4v) is 2.02. The lowest BCUT2D eigenvalue weighted by molar-refractivity contribution is -0.0520. The van der Waals surface area contributed by atoms with Crippen molar-refractivity contribution in [1.82, 2.24) is 0 Å². The molecule has 80 valence electrons. The predicted molar refractivity (Wildman–Crippen MR) is 55.6 cm³/mol. The van der Waals surface area contributed by atoms with Gasteiger partial charge in [-0.2, -0.15) is 0 Å². The molecule has 0 aromatic carbocycles. The Kier molecular flexibility index (Phi) is 5.57. The van der Waals surface area contributed by atoms with Gasteiger partial charge in [-0.15, -0.1) is 0 Å². The van der Waals surface area contributed by atoms with Crippen LogP contribution in [0.15, 0.2) is 0 Å². The van der Waals surface area contributed by atoms with Crippen molar-refractivity contribution in [2.45, 2.75) is 53.1 Å². The molecule has 0 aromatic heterocycles. The molecule has 0 aliphatic carbocycles. The standard InChI is InChI=1S/C11H24O2/c1-5-7-11(6-2,8-12)10(13)9(3)4/h9-10,12-13H,5-8H2,1-4H3. The van der Waals surface area contributed by atoms with E-state index in [-0.39, 0.29) is 24.0 Å². The molecule has 0 bridgehead atoms. The molecular formula is C11H24O2. The Labute approximate surface area is 82.0 Å². The second-order valence-corrected chi connectivity index (χ2v) is 4.31. The molecule has 0 aliphatic rings. The monoisotopic (exact) mass is 188 g/mol. The summed E-state index contributed by atoms with van der Waals surface area (Å²) in [7, 11) is 0. The first kappa shape index (κ1) is 12.9. The summed E-state index contributed by atoms with van der Waals surface area (Å²) in [6.07, 6.45) is 2.37. The normalized spacial score (nSPS) is 18.7. The molecule has 2 nitrogen and oxygen atoms in total. The van der Waals surface area contributed by atoms with Crippen molar-refractivity contribution in [2.75, 3.05) is 6.61 Å². The fraction of sp³-hybridized carbons (Fsp3) is 1.00. The second-order valence-electron chi connectivity index (χ2n) is 4.31. The minimum atomic E-state index is -0.387. The van der Waals surface area contributed by atoms with E-state index in [2.05, 4.69) is 6.92 Å². The van der Waals surface area contributed by atoms with Gasteiger partial charge in [-0.1, -0.05) is 34.1 Å². The molecule has 0 saturated carbocycles. The highest BCUT2D eigenvalue weighted by atomic mass is 16.3. The van der Waals surface area contributed by atoms with Crippen molar-refractivity contribution in [3.63, 3.8) is 0 Å². The lowest BCUT2D eigenvalue weighted by Crippen LogP contribution is -2.41. The van der Waals surface area contributed by atoms with Crippen LogP contribution in [-0.2, 0) is 0 Å². The molecule has 0 amide bonds. The van der Waals surface area contributed by atoms with Gasteiger partial charge in [0.15, 0.2) is 0 Å². The molecule has 2 unspecified atom stereocenters. The highest BCUT2D eigenvalue weighted by Crippen LogP contribution is 2.35. The molecule has 13 heavy (non-hydrogen) atoms. The summed E-state index contributed by atoms with van der Waals surface area (Å²) in [5.41, 5.74) is -0.275. The first-order valence-electron chi connectivity index (χ1n) is 5.33. The van der Waals surface area contributed by atoms with Gasteiger partial charge < -0.3 is 10.2 Å². The second kappa shape index (κ2) is 5.61. The Bertz CT molecular complexity index is 128. The van der Waals surface area contributed by atoms with E-state index >= 15 is 0 Å². The largest absolute Gasteiger partial charge is 0.396 e. The number of rotatable bonds is 6. The molecule has 0 radical (unpaired) electrons. The smallest absolute Gasteiger partial charge is 0.0641 e. The van der Waals surface area contributed by atoms with E-state index in [1.54, 1.807) is 0 Å². The zero-order valence-electron chi connectivity index (χ0n) is 9.38. The predicted octanol–water partition coefficient (Wildman–Crippen LogP) is 2.19. The van der Waals surface area contributed by atoms with Gasteiger partial charge in [-0.05, 0) is 18.8 Å². The molecule has 2 heteroatoms.